The van der Waals surface area contributed by atoms with Crippen LogP contribution in [0.4, 0.5) is 17.1 Å². The number of Topliss-reactive ketones (excluding diaryl/α,β-unsaturated/α-hetero) is 1. The van der Waals surface area contributed by atoms with E-state index in [1.165, 1.54) is 25.1 Å². The van der Waals surface area contributed by atoms with E-state index in [4.69, 9.17) is 4.74 Å². The number of esters is 1. The third-order valence-electron chi connectivity index (χ3n) is 3.28. The number of nitrogens with one attached hydrogen (secondary N) is 1. The van der Waals surface area contributed by atoms with Crippen molar-refractivity contribution in [1.82, 2.24) is 0 Å². The zero-order valence-corrected chi connectivity index (χ0v) is 13.2. The Labute approximate surface area is 138 Å². The first-order valence-electron chi connectivity index (χ1n) is 7.26. The van der Waals surface area contributed by atoms with Gasteiger partial charge in [0.15, 0.2) is 5.78 Å². The molecular weight excluding hydrogens is 312 g/mol. The monoisotopic (exact) mass is 328 g/mol. The Kier molecular flexibility index (Phi) is 5.26. The molecule has 7 nitrogen and oxygen atoms in total. The molecule has 0 heterocycles. The van der Waals surface area contributed by atoms with Crippen LogP contribution in [-0.4, -0.2) is 23.3 Å². The Hall–Kier alpha value is -3.22. The lowest BCUT2D eigenvalue weighted by atomic mass is 10.1. The van der Waals surface area contributed by atoms with Crippen molar-refractivity contribution < 1.29 is 19.2 Å². The Morgan fingerprint density at radius 3 is 2.29 bits per heavy atom. The topological polar surface area (TPSA) is 98.5 Å². The Morgan fingerprint density at radius 1 is 1.12 bits per heavy atom. The van der Waals surface area contributed by atoms with Gasteiger partial charge in [-0.05, 0) is 50.2 Å². The number of rotatable bonds is 6. The lowest BCUT2D eigenvalue weighted by Gasteiger charge is -2.09. The number of ether oxygens (including phenoxy) is 1. The maximum atomic E-state index is 11.6. The maximum absolute atomic E-state index is 11.6. The summed E-state index contributed by atoms with van der Waals surface area (Å²) in [5, 5.41) is 14.1. The van der Waals surface area contributed by atoms with E-state index < -0.39 is 10.9 Å². The number of nitro groups is 1. The van der Waals surface area contributed by atoms with Gasteiger partial charge < -0.3 is 10.1 Å². The van der Waals surface area contributed by atoms with Crippen molar-refractivity contribution in [1.29, 1.82) is 0 Å². The van der Waals surface area contributed by atoms with Gasteiger partial charge in [-0.3, -0.25) is 14.9 Å². The van der Waals surface area contributed by atoms with Crippen LogP contribution >= 0.6 is 0 Å². The van der Waals surface area contributed by atoms with Crippen LogP contribution in [0.1, 0.15) is 34.6 Å². The molecule has 0 aliphatic rings. The molecule has 0 radical (unpaired) electrons. The Bertz CT molecular complexity index is 784. The molecule has 0 saturated heterocycles. The number of hydrogen-bond acceptors (Lipinski definition) is 6. The quantitative estimate of drug-likeness (QED) is 0.375. The fourth-order valence-electron chi connectivity index (χ4n) is 2.07. The average molecular weight is 328 g/mol. The van der Waals surface area contributed by atoms with Crippen LogP contribution in [0.25, 0.3) is 0 Å². The van der Waals surface area contributed by atoms with Gasteiger partial charge in [-0.15, -0.1) is 0 Å². The maximum Gasteiger partial charge on any atom is 0.338 e. The SMILES string of the molecule is CCOC(=O)c1ccc(Nc2ccc(C(C)=O)cc2[N+](=O)[O-])cc1. The van der Waals surface area contributed by atoms with E-state index in [1.807, 2.05) is 0 Å². The average Bonchev–Trinajstić information content (AvgIpc) is 2.55. The van der Waals surface area contributed by atoms with E-state index in [0.29, 0.717) is 11.3 Å². The summed E-state index contributed by atoms with van der Waals surface area (Å²) >= 11 is 0. The molecule has 0 amide bonds. The van der Waals surface area contributed by atoms with Gasteiger partial charge in [0.25, 0.3) is 5.69 Å². The number of nitro benzene ring substituents is 1. The fourth-order valence-corrected chi connectivity index (χ4v) is 2.07. The lowest BCUT2D eigenvalue weighted by Crippen LogP contribution is -2.04. The van der Waals surface area contributed by atoms with Crippen molar-refractivity contribution in [3.05, 3.63) is 63.7 Å². The summed E-state index contributed by atoms with van der Waals surface area (Å²) in [6.45, 7) is 3.35. The van der Waals surface area contributed by atoms with E-state index in [0.717, 1.165) is 0 Å². The third kappa shape index (κ3) is 3.95. The van der Waals surface area contributed by atoms with Crippen molar-refractivity contribution in [3.8, 4) is 0 Å². The normalized spacial score (nSPS) is 10.1. The second-order valence-electron chi connectivity index (χ2n) is 4.97. The van der Waals surface area contributed by atoms with Crippen LogP contribution in [0.2, 0.25) is 0 Å². The van der Waals surface area contributed by atoms with Gasteiger partial charge in [0.1, 0.15) is 5.69 Å². The van der Waals surface area contributed by atoms with E-state index in [-0.39, 0.29) is 29.3 Å². The van der Waals surface area contributed by atoms with Gasteiger partial charge in [0, 0.05) is 17.3 Å². The minimum atomic E-state index is -0.554. The van der Waals surface area contributed by atoms with Crippen molar-refractivity contribution >= 4 is 28.8 Å². The molecule has 2 rings (SSSR count). The standard InChI is InChI=1S/C17H16N2O5/c1-3-24-17(21)12-4-7-14(8-5-12)18-15-9-6-13(11(2)20)10-16(15)19(22)23/h4-10,18H,3H2,1-2H3. The number of ketones is 1. The number of hydrogen-bond donors (Lipinski definition) is 1. The zero-order valence-electron chi connectivity index (χ0n) is 13.2. The molecule has 0 unspecified atom stereocenters. The summed E-state index contributed by atoms with van der Waals surface area (Å²) in [6.07, 6.45) is 0. The van der Waals surface area contributed by atoms with Crippen LogP contribution < -0.4 is 5.32 Å². The molecule has 0 aliphatic heterocycles. The van der Waals surface area contributed by atoms with Crippen LogP contribution in [0, 0.1) is 10.1 Å². The second-order valence-corrected chi connectivity index (χ2v) is 4.97. The first kappa shape index (κ1) is 17.1. The molecule has 2 aromatic rings. The summed E-state index contributed by atoms with van der Waals surface area (Å²) < 4.78 is 4.89. The van der Waals surface area contributed by atoms with Crippen LogP contribution in [0.15, 0.2) is 42.5 Å². The zero-order chi connectivity index (χ0) is 17.7. The molecule has 0 aromatic heterocycles. The van der Waals surface area contributed by atoms with Gasteiger partial charge in [-0.25, -0.2) is 4.79 Å². The molecule has 2 aromatic carbocycles. The summed E-state index contributed by atoms with van der Waals surface area (Å²) in [4.78, 5) is 33.6. The highest BCUT2D eigenvalue weighted by Gasteiger charge is 2.16. The van der Waals surface area contributed by atoms with Crippen LogP contribution in [0.3, 0.4) is 0 Å². The van der Waals surface area contributed by atoms with Crippen LogP contribution in [-0.2, 0) is 4.74 Å². The molecule has 0 bridgehead atoms. The number of nitrogens with zero attached hydrogens (tertiary/aromatic N) is 1. The summed E-state index contributed by atoms with van der Waals surface area (Å²) in [5.74, 6) is -0.677. The fraction of sp³-hybridized carbons (Fsp3) is 0.176. The minimum Gasteiger partial charge on any atom is -0.462 e. The summed E-state index contributed by atoms with van der Waals surface area (Å²) in [7, 11) is 0. The molecule has 0 aliphatic carbocycles. The first-order chi connectivity index (χ1) is 11.4. The number of carbonyl (C=O) groups is 2. The van der Waals surface area contributed by atoms with Crippen molar-refractivity contribution in [3.63, 3.8) is 0 Å². The lowest BCUT2D eigenvalue weighted by molar-refractivity contribution is -0.383. The van der Waals surface area contributed by atoms with Gasteiger partial charge in [0.05, 0.1) is 17.1 Å². The molecule has 0 atom stereocenters. The molecule has 0 spiro atoms. The van der Waals surface area contributed by atoms with Gasteiger partial charge in [0.2, 0.25) is 0 Å². The number of anilines is 2. The molecule has 24 heavy (non-hydrogen) atoms. The highest BCUT2D eigenvalue weighted by atomic mass is 16.6. The van der Waals surface area contributed by atoms with Crippen molar-refractivity contribution in [2.45, 2.75) is 13.8 Å². The summed E-state index contributed by atoms with van der Waals surface area (Å²) in [6, 6.07) is 10.6. The van der Waals surface area contributed by atoms with Crippen molar-refractivity contribution in [2.75, 3.05) is 11.9 Å². The molecule has 0 saturated carbocycles. The first-order valence-corrected chi connectivity index (χ1v) is 7.26. The number of benzene rings is 2. The van der Waals surface area contributed by atoms with Crippen molar-refractivity contribution in [2.24, 2.45) is 0 Å². The smallest absolute Gasteiger partial charge is 0.338 e. The Balaban J connectivity index is 2.26. The molecule has 124 valence electrons. The Morgan fingerprint density at radius 2 is 1.75 bits per heavy atom. The molecule has 0 fully saturated rings. The predicted molar refractivity (Wildman–Crippen MR) is 88.8 cm³/mol. The van der Waals surface area contributed by atoms with Crippen LogP contribution in [0.5, 0.6) is 0 Å². The third-order valence-corrected chi connectivity index (χ3v) is 3.28. The van der Waals surface area contributed by atoms with E-state index in [1.54, 1.807) is 31.2 Å². The van der Waals surface area contributed by atoms with Gasteiger partial charge in [-0.2, -0.15) is 0 Å². The molecular formula is C17H16N2O5. The van der Waals surface area contributed by atoms with E-state index in [2.05, 4.69) is 5.32 Å². The molecule has 7 heteroatoms. The highest BCUT2D eigenvalue weighted by molar-refractivity contribution is 5.95. The van der Waals surface area contributed by atoms with E-state index >= 15 is 0 Å². The highest BCUT2D eigenvalue weighted by Crippen LogP contribution is 2.29. The van der Waals surface area contributed by atoms with Gasteiger partial charge >= 0.3 is 5.97 Å². The summed E-state index contributed by atoms with van der Waals surface area (Å²) in [5.41, 5.74) is 1.29. The largest absolute Gasteiger partial charge is 0.462 e. The minimum absolute atomic E-state index is 0.197. The predicted octanol–water partition coefficient (Wildman–Crippen LogP) is 3.72. The number of carbonyl (C=O) groups excluding carboxylic acids is 2. The van der Waals surface area contributed by atoms with E-state index in [9.17, 15) is 19.7 Å². The van der Waals surface area contributed by atoms with Gasteiger partial charge in [-0.1, -0.05) is 0 Å². The second kappa shape index (κ2) is 7.36. The molecule has 1 N–H and O–H groups in total.